The molecule has 0 amide bonds. The SMILES string of the molecule is Bc1c(B)c(-c2ccc3oc4c(-c5c(B)c(B)c(B)c(-c6c(B)c(B)c7c(c6B)C(C)(C)c6c(B)c(B)c(B)c(B)c6-7)c5B)ncnc4c3c2)c(B)c(-c2c(B)c(B)c3c(c2B)C(C)(C)c2c(B)c(B)c(B)c(B)c2-3)c1B. The van der Waals surface area contributed by atoms with E-state index in [1.54, 1.807) is 6.33 Å². The first-order chi connectivity index (χ1) is 36.0. The van der Waals surface area contributed by atoms with Crippen molar-refractivity contribution in [3.05, 3.63) is 46.8 Å². The van der Waals surface area contributed by atoms with Gasteiger partial charge in [-0.2, -0.15) is 0 Å². The maximum absolute atomic E-state index is 7.02. The lowest BCUT2D eigenvalue weighted by molar-refractivity contribution is 0.667. The van der Waals surface area contributed by atoms with Gasteiger partial charge in [0.15, 0.2) is 5.58 Å². The Kier molecular flexibility index (Phi) is 12.4. The summed E-state index contributed by atoms with van der Waals surface area (Å²) in [6.45, 7) is 9.86. The molecule has 0 saturated heterocycles. The molecule has 0 radical (unpaired) electrons. The molecule has 0 bridgehead atoms. The second-order valence-electron chi connectivity index (χ2n) is 25.5. The quantitative estimate of drug-likeness (QED) is 0.165. The van der Waals surface area contributed by atoms with E-state index in [4.69, 9.17) is 14.4 Å². The lowest BCUT2D eigenvalue weighted by atomic mass is 9.58. The van der Waals surface area contributed by atoms with Crippen molar-refractivity contribution >= 4 is 315 Å². The van der Waals surface area contributed by atoms with Crippen LogP contribution in [0.15, 0.2) is 28.9 Å². The fourth-order valence-electron chi connectivity index (χ4n) is 16.4. The molecule has 0 fully saturated rings. The summed E-state index contributed by atoms with van der Waals surface area (Å²) in [7, 11) is 51.5. The first-order valence-electron chi connectivity index (χ1n) is 28.4. The number of hydrogen-bond acceptors (Lipinski definition) is 3. The van der Waals surface area contributed by atoms with Crippen LogP contribution in [-0.2, 0) is 10.8 Å². The van der Waals surface area contributed by atoms with Gasteiger partial charge in [-0.1, -0.05) is 121 Å². The molecule has 2 aliphatic rings. The van der Waals surface area contributed by atoms with Gasteiger partial charge in [0.25, 0.3) is 0 Å². The Hall–Kier alpha value is -5.15. The monoisotopic (exact) mass is 971 g/mol. The van der Waals surface area contributed by atoms with E-state index in [0.717, 1.165) is 33.3 Å². The molecule has 0 atom stereocenters. The second-order valence-corrected chi connectivity index (χ2v) is 25.5. The van der Waals surface area contributed by atoms with Crippen LogP contribution in [0.3, 0.4) is 0 Å². The zero-order chi connectivity index (χ0) is 56.2. The van der Waals surface area contributed by atoms with Crippen LogP contribution in [0, 0.1) is 0 Å². The van der Waals surface area contributed by atoms with Gasteiger partial charge in [-0.05, 0) is 95.6 Å². The predicted molar refractivity (Wildman–Crippen MR) is 406 cm³/mol. The van der Waals surface area contributed by atoms with Crippen LogP contribution < -0.4 is 120 Å². The average Bonchev–Trinajstić information content (AvgIpc) is 4.09. The van der Waals surface area contributed by atoms with Crippen LogP contribution >= 0.6 is 0 Å². The van der Waals surface area contributed by atoms with Gasteiger partial charge in [0.2, 0.25) is 0 Å². The molecule has 7 aromatic carbocycles. The minimum Gasteiger partial charge on any atom is -0.452 e. The molecule has 11 rings (SSSR count). The smallest absolute Gasteiger partial charge is 0.180 e. The van der Waals surface area contributed by atoms with Crippen LogP contribution in [0.5, 0.6) is 0 Å². The molecule has 0 aliphatic heterocycles. The summed E-state index contributed by atoms with van der Waals surface area (Å²) in [5, 5.41) is 1.01. The third-order valence-electron chi connectivity index (χ3n) is 21.5. The van der Waals surface area contributed by atoms with Crippen molar-refractivity contribution in [3.63, 3.8) is 0 Å². The number of nitrogens with zero attached hydrogens (tertiary/aromatic N) is 2. The van der Waals surface area contributed by atoms with E-state index in [1.165, 1.54) is 198 Å². The second kappa shape index (κ2) is 17.7. The molecule has 77 heavy (non-hydrogen) atoms. The Morgan fingerprint density at radius 2 is 0.623 bits per heavy atom. The Bertz CT molecular complexity index is 4310. The molecule has 3 nitrogen and oxygen atoms in total. The third kappa shape index (κ3) is 6.82. The van der Waals surface area contributed by atoms with Crippen molar-refractivity contribution in [2.24, 2.45) is 0 Å². The van der Waals surface area contributed by atoms with Gasteiger partial charge in [-0.3, -0.25) is 0 Å². The summed E-state index contributed by atoms with van der Waals surface area (Å²) in [4.78, 5) is 10.2. The summed E-state index contributed by atoms with van der Waals surface area (Å²) >= 11 is 0. The summed E-state index contributed by atoms with van der Waals surface area (Å²) in [6, 6.07) is 6.78. The largest absolute Gasteiger partial charge is 0.452 e. The molecular formula is C52H60B22N2O. The highest BCUT2D eigenvalue weighted by molar-refractivity contribution is 6.70. The van der Waals surface area contributed by atoms with E-state index >= 15 is 0 Å². The molecule has 0 unspecified atom stereocenters. The van der Waals surface area contributed by atoms with E-state index < -0.39 is 0 Å². The normalized spacial score (nSPS) is 13.8. The van der Waals surface area contributed by atoms with Gasteiger partial charge in [-0.15, -0.1) is 32.8 Å². The maximum atomic E-state index is 7.02. The number of hydrogen-bond donors (Lipinski definition) is 0. The van der Waals surface area contributed by atoms with Crippen molar-refractivity contribution in [1.82, 2.24) is 9.97 Å². The molecule has 350 valence electrons. The molecule has 0 saturated carbocycles. The van der Waals surface area contributed by atoms with Crippen LogP contribution in [0.4, 0.5) is 0 Å². The Morgan fingerprint density at radius 1 is 0.312 bits per heavy atom. The predicted octanol–water partition coefficient (Wildman–Crippen LogP) is -24.7. The average molecular weight is 967 g/mol. The molecule has 9 aromatic rings. The summed E-state index contributed by atoms with van der Waals surface area (Å²) < 4.78 is 7.02. The number of rotatable bonds is 4. The molecule has 2 heterocycles. The fourth-order valence-corrected chi connectivity index (χ4v) is 16.4. The Morgan fingerprint density at radius 3 is 1.06 bits per heavy atom. The number of aromatic nitrogens is 2. The zero-order valence-electron chi connectivity index (χ0n) is 51.6. The van der Waals surface area contributed by atoms with Gasteiger partial charge in [0.1, 0.15) is 196 Å². The molecule has 0 spiro atoms. The van der Waals surface area contributed by atoms with Crippen molar-refractivity contribution in [1.29, 1.82) is 0 Å². The summed E-state index contributed by atoms with van der Waals surface area (Å²) in [5.74, 6) is 0. The van der Waals surface area contributed by atoms with Crippen LogP contribution in [0.25, 0.3) is 89.0 Å². The van der Waals surface area contributed by atoms with E-state index in [0.29, 0.717) is 0 Å². The van der Waals surface area contributed by atoms with Gasteiger partial charge in [0.05, 0.1) is 0 Å². The lowest BCUT2D eigenvalue weighted by Crippen LogP contribution is -2.51. The topological polar surface area (TPSA) is 38.9 Å². The van der Waals surface area contributed by atoms with Crippen molar-refractivity contribution in [2.45, 2.75) is 38.5 Å². The van der Waals surface area contributed by atoms with Crippen LogP contribution in [-0.4, -0.2) is 183 Å². The number of fused-ring (bicyclic) bond motifs is 9. The number of furan rings is 1. The van der Waals surface area contributed by atoms with E-state index in [9.17, 15) is 0 Å². The molecule has 2 aromatic heterocycles. The third-order valence-corrected chi connectivity index (χ3v) is 21.5. The first-order valence-corrected chi connectivity index (χ1v) is 28.4. The van der Waals surface area contributed by atoms with Gasteiger partial charge in [0, 0.05) is 16.2 Å². The molecule has 25 heteroatoms. The Labute approximate surface area is 478 Å². The van der Waals surface area contributed by atoms with Crippen LogP contribution in [0.1, 0.15) is 49.9 Å². The molecule has 0 N–H and O–H groups in total. The summed E-state index contributed by atoms with van der Waals surface area (Å²) in [6.07, 6.45) is 1.76. The Balaban J connectivity index is 1.09. The van der Waals surface area contributed by atoms with Gasteiger partial charge < -0.3 is 4.42 Å². The highest BCUT2D eigenvalue weighted by Gasteiger charge is 2.43. The van der Waals surface area contributed by atoms with E-state index in [-0.39, 0.29) is 10.8 Å². The highest BCUT2D eigenvalue weighted by atomic mass is 16.3. The maximum Gasteiger partial charge on any atom is 0.180 e. The number of benzene rings is 7. The minimum absolute atomic E-state index is 0.135. The first kappa shape index (κ1) is 53.8. The molecular weight excluding hydrogens is 906 g/mol. The molecule has 2 aliphatic carbocycles. The van der Waals surface area contributed by atoms with E-state index in [1.807, 2.05) is 0 Å². The summed E-state index contributed by atoms with van der Waals surface area (Å²) in [5.41, 5.74) is 53.8. The van der Waals surface area contributed by atoms with Crippen LogP contribution in [0.2, 0.25) is 0 Å². The van der Waals surface area contributed by atoms with Crippen molar-refractivity contribution < 1.29 is 4.42 Å². The van der Waals surface area contributed by atoms with Gasteiger partial charge >= 0.3 is 0 Å². The zero-order valence-corrected chi connectivity index (χ0v) is 51.6. The lowest BCUT2D eigenvalue weighted by Gasteiger charge is -2.31. The van der Waals surface area contributed by atoms with Gasteiger partial charge in [-0.25, -0.2) is 9.97 Å². The van der Waals surface area contributed by atoms with Crippen molar-refractivity contribution in [2.75, 3.05) is 0 Å². The van der Waals surface area contributed by atoms with E-state index in [2.05, 4.69) is 219 Å². The fraction of sp³-hybridized carbons (Fsp3) is 0.115. The van der Waals surface area contributed by atoms with Crippen molar-refractivity contribution in [3.8, 4) is 66.9 Å². The standard InChI is InChI=1S/C52H60B22N2O/c1-51(2)22-13(15-24(51)40(67)46(73)44(71)33(15)60)31(58)35(62)19(28(22)55)17-26(53)12(30(57)42(69)37(17)64)9-5-6-11-10(7-9)48-50(77-11)49(76-8-75-48)21-27(54)18(38(65)43(70)39(21)66)20-29(56)23-14(32(59)36(20)63)16-25(52(23,3)4)41(68)47(74)45(72)34(16)61/h5-8H,53-74H2,1-4H3. The minimum atomic E-state index is -0.151. The highest BCUT2D eigenvalue weighted by Crippen LogP contribution is 2.47.